The molecule has 2 rings (SSSR count). The molecule has 1 fully saturated rings. The first-order chi connectivity index (χ1) is 10.1. The summed E-state index contributed by atoms with van der Waals surface area (Å²) in [6.45, 7) is 1.51. The van der Waals surface area contributed by atoms with Crippen molar-refractivity contribution in [1.29, 1.82) is 0 Å². The maximum Gasteiger partial charge on any atom is 0.320 e. The Labute approximate surface area is 123 Å². The summed E-state index contributed by atoms with van der Waals surface area (Å²) in [5.41, 5.74) is 6.46. The fourth-order valence-corrected chi connectivity index (χ4v) is 2.31. The number of aliphatic carboxylic acids is 1. The van der Waals surface area contributed by atoms with Crippen molar-refractivity contribution < 1.29 is 19.4 Å². The van der Waals surface area contributed by atoms with E-state index >= 15 is 0 Å². The Kier molecular flexibility index (Phi) is 5.30. The van der Waals surface area contributed by atoms with E-state index in [1.165, 1.54) is 0 Å². The largest absolute Gasteiger partial charge is 0.480 e. The summed E-state index contributed by atoms with van der Waals surface area (Å²) in [5, 5.41) is 8.73. The van der Waals surface area contributed by atoms with Gasteiger partial charge in [-0.2, -0.15) is 0 Å². The zero-order chi connectivity index (χ0) is 15.2. The van der Waals surface area contributed by atoms with Crippen LogP contribution in [0.1, 0.15) is 24.5 Å². The van der Waals surface area contributed by atoms with Gasteiger partial charge >= 0.3 is 5.97 Å². The summed E-state index contributed by atoms with van der Waals surface area (Å²) in [4.78, 5) is 24.5. The maximum atomic E-state index is 12.1. The minimum absolute atomic E-state index is 0.0732. The lowest BCUT2D eigenvalue weighted by molar-refractivity contribution is -0.140. The summed E-state index contributed by atoms with van der Waals surface area (Å²) < 4.78 is 5.70. The summed E-state index contributed by atoms with van der Waals surface area (Å²) in [6.07, 6.45) is 0.174. The lowest BCUT2D eigenvalue weighted by Gasteiger charge is -2.33. The summed E-state index contributed by atoms with van der Waals surface area (Å²) >= 11 is 0. The SMILES string of the molecule is NC(CCC(=O)N1CCOC(c2ccccc2)C1)C(=O)O. The van der Waals surface area contributed by atoms with Crippen molar-refractivity contribution in [3.05, 3.63) is 35.9 Å². The maximum absolute atomic E-state index is 12.1. The molecule has 0 aromatic heterocycles. The van der Waals surface area contributed by atoms with Crippen molar-refractivity contribution in [2.24, 2.45) is 5.73 Å². The number of benzene rings is 1. The molecule has 1 aliphatic rings. The van der Waals surface area contributed by atoms with E-state index in [0.717, 1.165) is 5.56 Å². The number of nitrogens with two attached hydrogens (primary N) is 1. The summed E-state index contributed by atoms with van der Waals surface area (Å²) in [6, 6.07) is 8.76. The smallest absolute Gasteiger partial charge is 0.320 e. The predicted molar refractivity (Wildman–Crippen MR) is 76.6 cm³/mol. The van der Waals surface area contributed by atoms with E-state index in [0.29, 0.717) is 19.7 Å². The van der Waals surface area contributed by atoms with Crippen LogP contribution in [0.3, 0.4) is 0 Å². The van der Waals surface area contributed by atoms with Crippen LogP contribution >= 0.6 is 0 Å². The van der Waals surface area contributed by atoms with E-state index in [1.807, 2.05) is 30.3 Å². The number of nitrogens with zero attached hydrogens (tertiary/aromatic N) is 1. The molecule has 3 N–H and O–H groups in total. The summed E-state index contributed by atoms with van der Waals surface area (Å²) in [5.74, 6) is -1.15. The van der Waals surface area contributed by atoms with Gasteiger partial charge in [0.1, 0.15) is 12.1 Å². The molecule has 0 bridgehead atoms. The number of hydrogen-bond acceptors (Lipinski definition) is 4. The fourth-order valence-electron chi connectivity index (χ4n) is 2.31. The molecule has 1 saturated heterocycles. The van der Waals surface area contributed by atoms with Crippen LogP contribution in [0.2, 0.25) is 0 Å². The van der Waals surface area contributed by atoms with Gasteiger partial charge in [0.15, 0.2) is 0 Å². The van der Waals surface area contributed by atoms with Crippen molar-refractivity contribution in [2.75, 3.05) is 19.7 Å². The van der Waals surface area contributed by atoms with Gasteiger partial charge in [0.05, 0.1) is 13.2 Å². The highest BCUT2D eigenvalue weighted by Crippen LogP contribution is 2.22. The number of amides is 1. The normalized spacial score (nSPS) is 20.0. The molecule has 21 heavy (non-hydrogen) atoms. The number of ether oxygens (including phenoxy) is 1. The van der Waals surface area contributed by atoms with Crippen LogP contribution in [-0.4, -0.2) is 47.6 Å². The van der Waals surface area contributed by atoms with Crippen molar-refractivity contribution in [3.8, 4) is 0 Å². The number of carboxylic acids is 1. The average molecular weight is 292 g/mol. The Balaban J connectivity index is 1.89. The third kappa shape index (κ3) is 4.27. The molecule has 6 nitrogen and oxygen atoms in total. The Hall–Kier alpha value is -1.92. The molecule has 1 amide bonds. The standard InChI is InChI=1S/C15H20N2O4/c16-12(15(19)20)6-7-14(18)17-8-9-21-13(10-17)11-4-2-1-3-5-11/h1-5,12-13H,6-10,16H2,(H,19,20). The molecule has 114 valence electrons. The second kappa shape index (κ2) is 7.19. The molecule has 6 heteroatoms. The Morgan fingerprint density at radius 2 is 2.10 bits per heavy atom. The topological polar surface area (TPSA) is 92.9 Å². The van der Waals surface area contributed by atoms with Crippen molar-refractivity contribution in [3.63, 3.8) is 0 Å². The van der Waals surface area contributed by atoms with Crippen molar-refractivity contribution in [2.45, 2.75) is 25.0 Å². The van der Waals surface area contributed by atoms with Crippen LogP contribution in [0.4, 0.5) is 0 Å². The molecule has 0 saturated carbocycles. The zero-order valence-corrected chi connectivity index (χ0v) is 11.8. The monoisotopic (exact) mass is 292 g/mol. The third-order valence-corrected chi connectivity index (χ3v) is 3.58. The molecule has 0 spiro atoms. The van der Waals surface area contributed by atoms with Gasteiger partial charge < -0.3 is 20.5 Å². The van der Waals surface area contributed by atoms with E-state index in [2.05, 4.69) is 0 Å². The molecule has 0 radical (unpaired) electrons. The Morgan fingerprint density at radius 1 is 1.38 bits per heavy atom. The van der Waals surface area contributed by atoms with Crippen LogP contribution in [-0.2, 0) is 14.3 Å². The minimum atomic E-state index is -1.08. The van der Waals surface area contributed by atoms with Crippen LogP contribution < -0.4 is 5.73 Å². The van der Waals surface area contributed by atoms with E-state index < -0.39 is 12.0 Å². The van der Waals surface area contributed by atoms with E-state index in [1.54, 1.807) is 4.90 Å². The molecular formula is C15H20N2O4. The van der Waals surface area contributed by atoms with Gasteiger partial charge in [0.2, 0.25) is 5.91 Å². The number of rotatable bonds is 5. The van der Waals surface area contributed by atoms with E-state index in [4.69, 9.17) is 15.6 Å². The quantitative estimate of drug-likeness (QED) is 0.836. The van der Waals surface area contributed by atoms with Crippen LogP contribution in [0.15, 0.2) is 30.3 Å². The van der Waals surface area contributed by atoms with Gasteiger partial charge in [-0.05, 0) is 12.0 Å². The molecule has 2 atom stereocenters. The molecule has 1 aromatic carbocycles. The number of carbonyl (C=O) groups is 2. The van der Waals surface area contributed by atoms with Gasteiger partial charge in [-0.3, -0.25) is 9.59 Å². The molecular weight excluding hydrogens is 272 g/mol. The number of morpholine rings is 1. The minimum Gasteiger partial charge on any atom is -0.480 e. The van der Waals surface area contributed by atoms with Gasteiger partial charge in [-0.15, -0.1) is 0 Å². The fraction of sp³-hybridized carbons (Fsp3) is 0.467. The Bertz CT molecular complexity index is 492. The first-order valence-electron chi connectivity index (χ1n) is 7.00. The highest BCUT2D eigenvalue weighted by molar-refractivity contribution is 5.78. The second-order valence-electron chi connectivity index (χ2n) is 5.09. The number of hydrogen-bond donors (Lipinski definition) is 2. The lowest BCUT2D eigenvalue weighted by atomic mass is 10.1. The van der Waals surface area contributed by atoms with Crippen molar-refractivity contribution in [1.82, 2.24) is 4.90 Å². The lowest BCUT2D eigenvalue weighted by Crippen LogP contribution is -2.43. The predicted octanol–water partition coefficient (Wildman–Crippen LogP) is 0.779. The van der Waals surface area contributed by atoms with Crippen molar-refractivity contribution >= 4 is 11.9 Å². The Morgan fingerprint density at radius 3 is 2.76 bits per heavy atom. The molecule has 2 unspecified atom stereocenters. The molecule has 1 aliphatic heterocycles. The van der Waals surface area contributed by atoms with Crippen LogP contribution in [0, 0.1) is 0 Å². The molecule has 0 aliphatic carbocycles. The number of carboxylic acid groups (broad SMARTS) is 1. The number of carbonyl (C=O) groups excluding carboxylic acids is 1. The average Bonchev–Trinajstić information content (AvgIpc) is 2.53. The van der Waals surface area contributed by atoms with Crippen LogP contribution in [0.25, 0.3) is 0 Å². The third-order valence-electron chi connectivity index (χ3n) is 3.58. The second-order valence-corrected chi connectivity index (χ2v) is 5.09. The van der Waals surface area contributed by atoms with E-state index in [9.17, 15) is 9.59 Å². The van der Waals surface area contributed by atoms with Gasteiger partial charge in [-0.1, -0.05) is 30.3 Å². The highest BCUT2D eigenvalue weighted by atomic mass is 16.5. The van der Waals surface area contributed by atoms with Gasteiger partial charge in [0, 0.05) is 13.0 Å². The first-order valence-corrected chi connectivity index (χ1v) is 7.00. The molecule has 1 aromatic rings. The molecule has 1 heterocycles. The highest BCUT2D eigenvalue weighted by Gasteiger charge is 2.25. The van der Waals surface area contributed by atoms with E-state index in [-0.39, 0.29) is 24.9 Å². The van der Waals surface area contributed by atoms with Crippen LogP contribution in [0.5, 0.6) is 0 Å². The summed E-state index contributed by atoms with van der Waals surface area (Å²) in [7, 11) is 0. The van der Waals surface area contributed by atoms with Gasteiger partial charge in [-0.25, -0.2) is 0 Å². The van der Waals surface area contributed by atoms with Gasteiger partial charge in [0.25, 0.3) is 0 Å². The first kappa shape index (κ1) is 15.5. The zero-order valence-electron chi connectivity index (χ0n) is 11.8.